The molecule has 1 fully saturated rings. The van der Waals surface area contributed by atoms with Crippen molar-refractivity contribution < 1.29 is 8.42 Å². The first-order chi connectivity index (χ1) is 8.75. The molecule has 108 valence electrons. The molecule has 0 spiro atoms. The lowest BCUT2D eigenvalue weighted by Gasteiger charge is -2.19. The third-order valence-electron chi connectivity index (χ3n) is 3.06. The molecule has 1 N–H and O–H groups in total. The largest absolute Gasteiger partial charge is 0.312 e. The van der Waals surface area contributed by atoms with Crippen LogP contribution in [0.5, 0.6) is 0 Å². The molecule has 0 bridgehead atoms. The van der Waals surface area contributed by atoms with Crippen molar-refractivity contribution in [2.45, 2.75) is 45.1 Å². The lowest BCUT2D eigenvalue weighted by atomic mass is 10.1. The molecule has 0 radical (unpaired) electrons. The molecule has 1 aromatic heterocycles. The monoisotopic (exact) mass is 303 g/mol. The van der Waals surface area contributed by atoms with Crippen LogP contribution in [0.15, 0.2) is 0 Å². The zero-order chi connectivity index (χ0) is 14.1. The zero-order valence-electron chi connectivity index (χ0n) is 11.6. The summed E-state index contributed by atoms with van der Waals surface area (Å²) >= 11 is 1.55. The molecule has 2 heterocycles. The van der Waals surface area contributed by atoms with E-state index in [1.54, 1.807) is 11.3 Å². The van der Waals surface area contributed by atoms with Crippen LogP contribution in [0.2, 0.25) is 0 Å². The van der Waals surface area contributed by atoms with Crippen LogP contribution in [0, 0.1) is 0 Å². The average Bonchev–Trinajstić information content (AvgIpc) is 2.83. The highest BCUT2D eigenvalue weighted by Gasteiger charge is 2.31. The molecule has 5 nitrogen and oxygen atoms in total. The lowest BCUT2D eigenvalue weighted by Crippen LogP contribution is -2.37. The highest BCUT2D eigenvalue weighted by Crippen LogP contribution is 2.30. The van der Waals surface area contributed by atoms with Gasteiger partial charge in [-0.2, -0.15) is 0 Å². The summed E-state index contributed by atoms with van der Waals surface area (Å²) in [4.78, 5) is 0. The highest BCUT2D eigenvalue weighted by molar-refractivity contribution is 7.91. The minimum atomic E-state index is -2.84. The number of nitrogens with one attached hydrogen (secondary N) is 1. The van der Waals surface area contributed by atoms with Crippen LogP contribution in [0.4, 0.5) is 0 Å². The molecule has 0 aliphatic carbocycles. The van der Waals surface area contributed by atoms with Crippen molar-refractivity contribution in [2.75, 3.05) is 18.1 Å². The summed E-state index contributed by atoms with van der Waals surface area (Å²) in [6, 6.07) is 0. The number of nitrogens with zero attached hydrogens (tertiary/aromatic N) is 2. The summed E-state index contributed by atoms with van der Waals surface area (Å²) < 4.78 is 22.9. The van der Waals surface area contributed by atoms with Gasteiger partial charge in [0, 0.05) is 24.4 Å². The van der Waals surface area contributed by atoms with Crippen LogP contribution in [0.3, 0.4) is 0 Å². The fraction of sp³-hybridized carbons (Fsp3) is 0.833. The fourth-order valence-corrected chi connectivity index (χ4v) is 4.90. The van der Waals surface area contributed by atoms with Gasteiger partial charge in [0.15, 0.2) is 9.84 Å². The standard InChI is InChI=1S/C12H21N3O2S2/c1-12(2,3)13-6-4-10-14-15-11(18-10)9-5-7-19(16,17)8-9/h9,13H,4-8H2,1-3H3. The molecular weight excluding hydrogens is 282 g/mol. The van der Waals surface area contributed by atoms with E-state index >= 15 is 0 Å². The van der Waals surface area contributed by atoms with E-state index in [0.717, 1.165) is 23.0 Å². The average molecular weight is 303 g/mol. The van der Waals surface area contributed by atoms with Gasteiger partial charge in [-0.05, 0) is 27.2 Å². The number of hydrogen-bond donors (Lipinski definition) is 1. The van der Waals surface area contributed by atoms with Gasteiger partial charge in [0.05, 0.1) is 11.5 Å². The molecular formula is C12H21N3O2S2. The molecule has 1 aliphatic rings. The minimum Gasteiger partial charge on any atom is -0.312 e. The molecule has 1 aliphatic heterocycles. The van der Waals surface area contributed by atoms with E-state index in [-0.39, 0.29) is 23.0 Å². The Morgan fingerprint density at radius 3 is 2.68 bits per heavy atom. The Balaban J connectivity index is 1.89. The second kappa shape index (κ2) is 5.46. The van der Waals surface area contributed by atoms with Gasteiger partial charge in [-0.3, -0.25) is 0 Å². The van der Waals surface area contributed by atoms with Gasteiger partial charge >= 0.3 is 0 Å². The van der Waals surface area contributed by atoms with E-state index in [0.29, 0.717) is 6.42 Å². The zero-order valence-corrected chi connectivity index (χ0v) is 13.3. The molecule has 2 rings (SSSR count). The van der Waals surface area contributed by atoms with Crippen LogP contribution in [0.25, 0.3) is 0 Å². The van der Waals surface area contributed by atoms with Gasteiger partial charge in [0.1, 0.15) is 10.0 Å². The Hall–Kier alpha value is -0.530. The summed E-state index contributed by atoms with van der Waals surface area (Å²) in [5.74, 6) is 0.590. The van der Waals surface area contributed by atoms with E-state index in [2.05, 4.69) is 36.3 Å². The van der Waals surface area contributed by atoms with Crippen molar-refractivity contribution in [1.29, 1.82) is 0 Å². The van der Waals surface area contributed by atoms with Crippen molar-refractivity contribution in [1.82, 2.24) is 15.5 Å². The van der Waals surface area contributed by atoms with Crippen LogP contribution in [0.1, 0.15) is 43.1 Å². The van der Waals surface area contributed by atoms with Crippen LogP contribution in [-0.2, 0) is 16.3 Å². The first kappa shape index (κ1) is 14.9. The summed E-state index contributed by atoms with van der Waals surface area (Å²) in [5.41, 5.74) is 0.104. The topological polar surface area (TPSA) is 72.0 Å². The second-order valence-corrected chi connectivity index (χ2v) is 9.38. The van der Waals surface area contributed by atoms with E-state index < -0.39 is 9.84 Å². The first-order valence-corrected chi connectivity index (χ1v) is 9.17. The van der Waals surface area contributed by atoms with Crippen molar-refractivity contribution in [3.05, 3.63) is 10.0 Å². The van der Waals surface area contributed by atoms with Crippen molar-refractivity contribution in [3.63, 3.8) is 0 Å². The van der Waals surface area contributed by atoms with Crippen LogP contribution in [-0.4, -0.2) is 42.2 Å². The highest BCUT2D eigenvalue weighted by atomic mass is 32.2. The lowest BCUT2D eigenvalue weighted by molar-refractivity contribution is 0.429. The normalized spacial score (nSPS) is 22.8. The minimum absolute atomic E-state index is 0.0619. The van der Waals surface area contributed by atoms with Crippen LogP contribution >= 0.6 is 11.3 Å². The van der Waals surface area contributed by atoms with Gasteiger partial charge in [-0.15, -0.1) is 21.5 Å². The number of sulfone groups is 1. The van der Waals surface area contributed by atoms with E-state index in [1.807, 2.05) is 0 Å². The van der Waals surface area contributed by atoms with Crippen molar-refractivity contribution in [2.24, 2.45) is 0 Å². The predicted molar refractivity (Wildman–Crippen MR) is 77.4 cm³/mol. The number of aromatic nitrogens is 2. The maximum atomic E-state index is 11.4. The van der Waals surface area contributed by atoms with Gasteiger partial charge in [0.25, 0.3) is 0 Å². The second-order valence-electron chi connectivity index (χ2n) is 6.06. The molecule has 1 atom stereocenters. The Kier molecular flexibility index (Phi) is 4.27. The van der Waals surface area contributed by atoms with Gasteiger partial charge < -0.3 is 5.32 Å². The summed E-state index contributed by atoms with van der Waals surface area (Å²) in [5, 5.41) is 13.6. The van der Waals surface area contributed by atoms with E-state index in [4.69, 9.17) is 0 Å². The molecule has 7 heteroatoms. The Morgan fingerprint density at radius 1 is 1.37 bits per heavy atom. The number of rotatable bonds is 4. The Labute approximate surface area is 118 Å². The molecule has 0 aromatic carbocycles. The predicted octanol–water partition coefficient (Wildman–Crippen LogP) is 1.37. The third-order valence-corrected chi connectivity index (χ3v) is 5.97. The fourth-order valence-electron chi connectivity index (χ4n) is 2.07. The van der Waals surface area contributed by atoms with E-state index in [9.17, 15) is 8.42 Å². The summed E-state index contributed by atoms with van der Waals surface area (Å²) in [6.45, 7) is 7.24. The SMILES string of the molecule is CC(C)(C)NCCc1nnc(C2CCS(=O)(=O)C2)s1. The summed E-state index contributed by atoms with van der Waals surface area (Å²) in [6.07, 6.45) is 1.53. The molecule has 1 saturated heterocycles. The molecule has 0 amide bonds. The van der Waals surface area contributed by atoms with Gasteiger partial charge in [0.2, 0.25) is 0 Å². The van der Waals surface area contributed by atoms with Gasteiger partial charge in [-0.1, -0.05) is 0 Å². The molecule has 1 unspecified atom stereocenters. The van der Waals surface area contributed by atoms with Crippen molar-refractivity contribution in [3.8, 4) is 0 Å². The van der Waals surface area contributed by atoms with Crippen molar-refractivity contribution >= 4 is 21.2 Å². The Bertz CT molecular complexity index is 531. The molecule has 1 aromatic rings. The smallest absolute Gasteiger partial charge is 0.151 e. The molecule has 19 heavy (non-hydrogen) atoms. The maximum absolute atomic E-state index is 11.4. The van der Waals surface area contributed by atoms with E-state index in [1.165, 1.54) is 0 Å². The third kappa shape index (κ3) is 4.50. The maximum Gasteiger partial charge on any atom is 0.151 e. The first-order valence-electron chi connectivity index (χ1n) is 6.53. The van der Waals surface area contributed by atoms with Gasteiger partial charge in [-0.25, -0.2) is 8.42 Å². The van der Waals surface area contributed by atoms with Crippen LogP contribution < -0.4 is 5.32 Å². The Morgan fingerprint density at radius 2 is 2.11 bits per heavy atom. The molecule has 0 saturated carbocycles. The quantitative estimate of drug-likeness (QED) is 0.909. The summed E-state index contributed by atoms with van der Waals surface area (Å²) in [7, 11) is -2.84. The number of hydrogen-bond acceptors (Lipinski definition) is 6.